The summed E-state index contributed by atoms with van der Waals surface area (Å²) in [6.07, 6.45) is 2.11. The van der Waals surface area contributed by atoms with Crippen molar-refractivity contribution in [2.45, 2.75) is 39.7 Å². The number of anilines is 1. The van der Waals surface area contributed by atoms with Gasteiger partial charge in [-0.1, -0.05) is 6.92 Å². The van der Waals surface area contributed by atoms with Gasteiger partial charge in [-0.3, -0.25) is 10.3 Å². The molecule has 0 fully saturated rings. The average Bonchev–Trinajstić information content (AvgIpc) is 2.47. The zero-order valence-electron chi connectivity index (χ0n) is 13.9. The molecule has 1 heterocycles. The Kier molecular flexibility index (Phi) is 5.21. The SMILES string of the molecule is CCc1cc(Oc2ccc(NC(=O)OC(C)(C)C)cc2)ccn1. The molecule has 23 heavy (non-hydrogen) atoms. The van der Waals surface area contributed by atoms with Gasteiger partial charge in [0.15, 0.2) is 0 Å². The first-order valence-electron chi connectivity index (χ1n) is 7.58. The van der Waals surface area contributed by atoms with E-state index in [9.17, 15) is 4.79 Å². The van der Waals surface area contributed by atoms with E-state index in [2.05, 4.69) is 10.3 Å². The van der Waals surface area contributed by atoms with E-state index in [-0.39, 0.29) is 0 Å². The van der Waals surface area contributed by atoms with Crippen LogP contribution in [0.25, 0.3) is 0 Å². The molecule has 0 atom stereocenters. The van der Waals surface area contributed by atoms with E-state index < -0.39 is 11.7 Å². The van der Waals surface area contributed by atoms with E-state index >= 15 is 0 Å². The summed E-state index contributed by atoms with van der Waals surface area (Å²) in [5.74, 6) is 1.43. The van der Waals surface area contributed by atoms with Crippen LogP contribution in [-0.2, 0) is 11.2 Å². The molecule has 0 spiro atoms. The molecule has 0 aliphatic carbocycles. The number of ether oxygens (including phenoxy) is 2. The second-order valence-electron chi connectivity index (χ2n) is 6.09. The normalized spacial score (nSPS) is 11.0. The van der Waals surface area contributed by atoms with Crippen LogP contribution in [-0.4, -0.2) is 16.7 Å². The first kappa shape index (κ1) is 16.8. The van der Waals surface area contributed by atoms with Crippen molar-refractivity contribution in [2.75, 3.05) is 5.32 Å². The molecule has 1 aromatic heterocycles. The minimum Gasteiger partial charge on any atom is -0.457 e. The minimum atomic E-state index is -0.522. The highest BCUT2D eigenvalue weighted by Gasteiger charge is 2.16. The van der Waals surface area contributed by atoms with E-state index in [1.165, 1.54) is 0 Å². The van der Waals surface area contributed by atoms with Gasteiger partial charge in [-0.15, -0.1) is 0 Å². The highest BCUT2D eigenvalue weighted by Crippen LogP contribution is 2.23. The molecule has 2 aromatic rings. The first-order chi connectivity index (χ1) is 10.9. The summed E-state index contributed by atoms with van der Waals surface area (Å²) in [4.78, 5) is 15.9. The van der Waals surface area contributed by atoms with Crippen molar-refractivity contribution in [2.24, 2.45) is 0 Å². The minimum absolute atomic E-state index is 0.479. The maximum absolute atomic E-state index is 11.7. The average molecular weight is 314 g/mol. The number of rotatable bonds is 4. The Morgan fingerprint density at radius 2 is 1.83 bits per heavy atom. The standard InChI is InChI=1S/C18H22N2O3/c1-5-13-12-16(10-11-19-13)22-15-8-6-14(7-9-15)20-17(21)23-18(2,3)4/h6-12H,5H2,1-4H3,(H,20,21). The summed E-state index contributed by atoms with van der Waals surface area (Å²) in [6.45, 7) is 7.51. The summed E-state index contributed by atoms with van der Waals surface area (Å²) >= 11 is 0. The Hall–Kier alpha value is -2.56. The van der Waals surface area contributed by atoms with Crippen LogP contribution in [0.1, 0.15) is 33.4 Å². The molecule has 0 saturated carbocycles. The third kappa shape index (κ3) is 5.62. The number of hydrogen-bond acceptors (Lipinski definition) is 4. The number of pyridine rings is 1. The van der Waals surface area contributed by atoms with Crippen molar-refractivity contribution in [3.05, 3.63) is 48.3 Å². The number of aromatic nitrogens is 1. The van der Waals surface area contributed by atoms with Crippen LogP contribution in [0, 0.1) is 0 Å². The molecular weight excluding hydrogens is 292 g/mol. The summed E-state index contributed by atoms with van der Waals surface area (Å²) in [6, 6.07) is 10.8. The first-order valence-corrected chi connectivity index (χ1v) is 7.58. The molecule has 5 nitrogen and oxygen atoms in total. The van der Waals surface area contributed by atoms with Crippen molar-refractivity contribution in [1.29, 1.82) is 0 Å². The smallest absolute Gasteiger partial charge is 0.412 e. The van der Waals surface area contributed by atoms with Crippen molar-refractivity contribution >= 4 is 11.8 Å². The summed E-state index contributed by atoms with van der Waals surface area (Å²) in [5, 5.41) is 2.68. The van der Waals surface area contributed by atoms with E-state index in [0.29, 0.717) is 11.4 Å². The number of carbonyl (C=O) groups is 1. The number of aryl methyl sites for hydroxylation is 1. The Labute approximate surface area is 136 Å². The van der Waals surface area contributed by atoms with Gasteiger partial charge in [-0.2, -0.15) is 0 Å². The van der Waals surface area contributed by atoms with Crippen LogP contribution in [0.3, 0.4) is 0 Å². The Balaban J connectivity index is 1.98. The third-order valence-electron chi connectivity index (χ3n) is 2.89. The molecule has 0 saturated heterocycles. The largest absolute Gasteiger partial charge is 0.457 e. The molecule has 0 aliphatic heterocycles. The number of benzene rings is 1. The lowest BCUT2D eigenvalue weighted by Crippen LogP contribution is -2.27. The Morgan fingerprint density at radius 3 is 2.43 bits per heavy atom. The lowest BCUT2D eigenvalue weighted by molar-refractivity contribution is 0.0636. The predicted molar refractivity (Wildman–Crippen MR) is 90.0 cm³/mol. The molecule has 1 amide bonds. The lowest BCUT2D eigenvalue weighted by atomic mass is 10.2. The van der Waals surface area contributed by atoms with Gasteiger partial charge in [0.2, 0.25) is 0 Å². The quantitative estimate of drug-likeness (QED) is 0.882. The topological polar surface area (TPSA) is 60.5 Å². The fourth-order valence-electron chi connectivity index (χ4n) is 1.88. The summed E-state index contributed by atoms with van der Waals surface area (Å²) in [5.41, 5.74) is 1.10. The van der Waals surface area contributed by atoms with Gasteiger partial charge in [0.1, 0.15) is 17.1 Å². The van der Waals surface area contributed by atoms with Crippen LogP contribution in [0.15, 0.2) is 42.6 Å². The number of carbonyl (C=O) groups excluding carboxylic acids is 1. The second kappa shape index (κ2) is 7.13. The van der Waals surface area contributed by atoms with E-state index in [0.717, 1.165) is 17.9 Å². The molecule has 2 rings (SSSR count). The van der Waals surface area contributed by atoms with Gasteiger partial charge in [0, 0.05) is 23.6 Å². The molecule has 1 N–H and O–H groups in total. The maximum Gasteiger partial charge on any atom is 0.412 e. The highest BCUT2D eigenvalue weighted by atomic mass is 16.6. The van der Waals surface area contributed by atoms with Crippen LogP contribution >= 0.6 is 0 Å². The fraction of sp³-hybridized carbons (Fsp3) is 0.333. The Morgan fingerprint density at radius 1 is 1.13 bits per heavy atom. The van der Waals surface area contributed by atoms with E-state index in [1.807, 2.05) is 39.8 Å². The van der Waals surface area contributed by atoms with Gasteiger partial charge in [0.25, 0.3) is 0 Å². The molecule has 1 aromatic carbocycles. The highest BCUT2D eigenvalue weighted by molar-refractivity contribution is 5.84. The fourth-order valence-corrected chi connectivity index (χ4v) is 1.88. The number of amides is 1. The van der Waals surface area contributed by atoms with Crippen LogP contribution in [0.4, 0.5) is 10.5 Å². The van der Waals surface area contributed by atoms with Crippen LogP contribution < -0.4 is 10.1 Å². The second-order valence-corrected chi connectivity index (χ2v) is 6.09. The van der Waals surface area contributed by atoms with E-state index in [4.69, 9.17) is 9.47 Å². The zero-order chi connectivity index (χ0) is 16.9. The summed E-state index contributed by atoms with van der Waals surface area (Å²) < 4.78 is 11.0. The molecule has 0 bridgehead atoms. The molecule has 0 radical (unpaired) electrons. The van der Waals surface area contributed by atoms with Crippen LogP contribution in [0.2, 0.25) is 0 Å². The van der Waals surface area contributed by atoms with Crippen molar-refractivity contribution in [1.82, 2.24) is 4.98 Å². The van der Waals surface area contributed by atoms with Crippen LogP contribution in [0.5, 0.6) is 11.5 Å². The molecule has 0 unspecified atom stereocenters. The number of nitrogens with one attached hydrogen (secondary N) is 1. The van der Waals surface area contributed by atoms with Crippen molar-refractivity contribution in [3.63, 3.8) is 0 Å². The van der Waals surface area contributed by atoms with Crippen molar-refractivity contribution < 1.29 is 14.3 Å². The van der Waals surface area contributed by atoms with Gasteiger partial charge in [-0.05, 0) is 57.5 Å². The molecular formula is C18H22N2O3. The summed E-state index contributed by atoms with van der Waals surface area (Å²) in [7, 11) is 0. The lowest BCUT2D eigenvalue weighted by Gasteiger charge is -2.19. The molecule has 122 valence electrons. The molecule has 0 aliphatic rings. The molecule has 5 heteroatoms. The number of nitrogens with zero attached hydrogens (tertiary/aromatic N) is 1. The van der Waals surface area contributed by atoms with Gasteiger partial charge in [-0.25, -0.2) is 4.79 Å². The van der Waals surface area contributed by atoms with Gasteiger partial charge in [0.05, 0.1) is 0 Å². The Bertz CT molecular complexity index is 661. The van der Waals surface area contributed by atoms with Gasteiger partial charge >= 0.3 is 6.09 Å². The monoisotopic (exact) mass is 314 g/mol. The zero-order valence-corrected chi connectivity index (χ0v) is 13.9. The van der Waals surface area contributed by atoms with Crippen molar-refractivity contribution in [3.8, 4) is 11.5 Å². The van der Waals surface area contributed by atoms with E-state index in [1.54, 1.807) is 30.5 Å². The predicted octanol–water partition coefficient (Wildman–Crippen LogP) is 4.78. The maximum atomic E-state index is 11.7. The van der Waals surface area contributed by atoms with Gasteiger partial charge < -0.3 is 9.47 Å². The number of hydrogen-bond donors (Lipinski definition) is 1. The third-order valence-corrected chi connectivity index (χ3v) is 2.89.